The number of Topliss-reactive ketones (excluding diaryl/α,β-unsaturated/α-hetero) is 1. The molecule has 1 aliphatic rings. The van der Waals surface area contributed by atoms with Gasteiger partial charge < -0.3 is 10.5 Å². The lowest BCUT2D eigenvalue weighted by Crippen LogP contribution is -2.33. The Hall–Kier alpha value is -0.850. The average Bonchev–Trinajstić information content (AvgIpc) is 2.47. The molecule has 1 fully saturated rings. The van der Waals surface area contributed by atoms with Crippen molar-refractivity contribution < 1.29 is 9.53 Å². The van der Waals surface area contributed by atoms with E-state index in [1.54, 1.807) is 6.92 Å². The molecule has 0 radical (unpaired) electrons. The van der Waals surface area contributed by atoms with Crippen LogP contribution in [-0.2, 0) is 9.53 Å². The molecule has 3 heteroatoms. The maximum Gasteiger partial charge on any atom is 0.151 e. The molecule has 0 spiro atoms. The second kappa shape index (κ2) is 4.24. The largest absolute Gasteiger partial charge is 0.379 e. The number of ether oxygens (including phenoxy) is 1. The van der Waals surface area contributed by atoms with Gasteiger partial charge >= 0.3 is 0 Å². The topological polar surface area (TPSA) is 52.3 Å². The van der Waals surface area contributed by atoms with Crippen LogP contribution in [0, 0.1) is 17.8 Å². The molecular formula is C9H13NO2. The molecule has 2 atom stereocenters. The van der Waals surface area contributed by atoms with Crippen molar-refractivity contribution in [2.45, 2.75) is 19.4 Å². The van der Waals surface area contributed by atoms with Gasteiger partial charge in [-0.05, 0) is 6.92 Å². The van der Waals surface area contributed by atoms with E-state index in [1.165, 1.54) is 0 Å². The van der Waals surface area contributed by atoms with Gasteiger partial charge in [0, 0.05) is 6.04 Å². The van der Waals surface area contributed by atoms with Crippen LogP contribution >= 0.6 is 0 Å². The van der Waals surface area contributed by atoms with Gasteiger partial charge in [-0.3, -0.25) is 4.79 Å². The fourth-order valence-corrected chi connectivity index (χ4v) is 1.21. The van der Waals surface area contributed by atoms with Gasteiger partial charge in [-0.2, -0.15) is 0 Å². The van der Waals surface area contributed by atoms with E-state index < -0.39 is 0 Å². The second-order valence-electron chi connectivity index (χ2n) is 2.88. The van der Waals surface area contributed by atoms with Crippen LogP contribution in [0.15, 0.2) is 0 Å². The third-order valence-electron chi connectivity index (χ3n) is 1.98. The third kappa shape index (κ3) is 2.07. The van der Waals surface area contributed by atoms with Gasteiger partial charge in [-0.1, -0.05) is 5.92 Å². The first-order chi connectivity index (χ1) is 5.75. The molecule has 2 unspecified atom stereocenters. The minimum atomic E-state index is -0.133. The van der Waals surface area contributed by atoms with Crippen LogP contribution in [0.25, 0.3) is 0 Å². The Morgan fingerprint density at radius 3 is 2.92 bits per heavy atom. The molecule has 0 saturated carbocycles. The van der Waals surface area contributed by atoms with Gasteiger partial charge in [0.25, 0.3) is 0 Å². The summed E-state index contributed by atoms with van der Waals surface area (Å²) in [5.41, 5.74) is 5.66. The highest BCUT2D eigenvalue weighted by atomic mass is 16.5. The van der Waals surface area contributed by atoms with E-state index in [0.717, 1.165) is 0 Å². The van der Waals surface area contributed by atoms with Crippen LogP contribution in [0.5, 0.6) is 0 Å². The van der Waals surface area contributed by atoms with E-state index in [1.807, 2.05) is 0 Å². The van der Waals surface area contributed by atoms with Crippen LogP contribution in [0.4, 0.5) is 0 Å². The second-order valence-corrected chi connectivity index (χ2v) is 2.88. The minimum Gasteiger partial charge on any atom is -0.379 e. The fraction of sp³-hybridized carbons (Fsp3) is 0.667. The molecule has 1 heterocycles. The van der Waals surface area contributed by atoms with Crippen LogP contribution in [0.1, 0.15) is 13.3 Å². The third-order valence-corrected chi connectivity index (χ3v) is 1.98. The molecule has 0 aromatic carbocycles. The van der Waals surface area contributed by atoms with Gasteiger partial charge in [0.2, 0.25) is 0 Å². The Kier molecular flexibility index (Phi) is 3.27. The number of nitrogens with two attached hydrogens (primary N) is 1. The number of hydrogen-bond acceptors (Lipinski definition) is 3. The SMILES string of the molecule is CC#CCC(=O)C1COCC1N. The molecule has 0 amide bonds. The van der Waals surface area contributed by atoms with E-state index in [4.69, 9.17) is 10.5 Å². The van der Waals surface area contributed by atoms with Crippen molar-refractivity contribution in [2.24, 2.45) is 11.7 Å². The van der Waals surface area contributed by atoms with Crippen molar-refractivity contribution in [1.82, 2.24) is 0 Å². The molecule has 3 nitrogen and oxygen atoms in total. The number of carbonyl (C=O) groups is 1. The van der Waals surface area contributed by atoms with Crippen molar-refractivity contribution in [1.29, 1.82) is 0 Å². The van der Waals surface area contributed by atoms with Crippen LogP contribution < -0.4 is 5.73 Å². The molecule has 0 bridgehead atoms. The smallest absolute Gasteiger partial charge is 0.151 e. The van der Waals surface area contributed by atoms with Gasteiger partial charge in [-0.15, -0.1) is 5.92 Å². The molecule has 1 aliphatic heterocycles. The zero-order valence-corrected chi connectivity index (χ0v) is 7.17. The Bertz CT molecular complexity index is 226. The fourth-order valence-electron chi connectivity index (χ4n) is 1.21. The lowest BCUT2D eigenvalue weighted by Gasteiger charge is -2.08. The lowest BCUT2D eigenvalue weighted by atomic mass is 9.97. The standard InChI is InChI=1S/C9H13NO2/c1-2-3-4-9(11)7-5-12-6-8(7)10/h7-8H,4-6,10H2,1H3. The summed E-state index contributed by atoms with van der Waals surface area (Å²) in [7, 11) is 0. The summed E-state index contributed by atoms with van der Waals surface area (Å²) in [6.45, 7) is 2.68. The Morgan fingerprint density at radius 1 is 1.67 bits per heavy atom. The summed E-state index contributed by atoms with van der Waals surface area (Å²) in [6, 6.07) is -0.129. The van der Waals surface area contributed by atoms with Crippen LogP contribution in [0.2, 0.25) is 0 Å². The van der Waals surface area contributed by atoms with Crippen molar-refractivity contribution in [3.8, 4) is 11.8 Å². The van der Waals surface area contributed by atoms with Gasteiger partial charge in [0.05, 0.1) is 25.6 Å². The summed E-state index contributed by atoms with van der Waals surface area (Å²) in [5.74, 6) is 5.39. The Balaban J connectivity index is 2.44. The lowest BCUT2D eigenvalue weighted by molar-refractivity contribution is -0.122. The zero-order valence-electron chi connectivity index (χ0n) is 7.17. The summed E-state index contributed by atoms with van der Waals surface area (Å²) < 4.78 is 5.08. The molecule has 0 aromatic heterocycles. The quantitative estimate of drug-likeness (QED) is 0.586. The Labute approximate surface area is 72.3 Å². The van der Waals surface area contributed by atoms with Crippen molar-refractivity contribution in [3.05, 3.63) is 0 Å². The molecule has 12 heavy (non-hydrogen) atoms. The number of hydrogen-bond donors (Lipinski definition) is 1. The summed E-state index contributed by atoms with van der Waals surface area (Å²) in [6.07, 6.45) is 0.304. The van der Waals surface area contributed by atoms with E-state index in [-0.39, 0.29) is 17.7 Å². The summed E-state index contributed by atoms with van der Waals surface area (Å²) in [5, 5.41) is 0. The highest BCUT2D eigenvalue weighted by molar-refractivity contribution is 5.84. The summed E-state index contributed by atoms with van der Waals surface area (Å²) in [4.78, 5) is 11.4. The molecule has 2 N–H and O–H groups in total. The van der Waals surface area contributed by atoms with Crippen molar-refractivity contribution in [2.75, 3.05) is 13.2 Å². The van der Waals surface area contributed by atoms with Gasteiger partial charge in [-0.25, -0.2) is 0 Å². The average molecular weight is 167 g/mol. The first-order valence-corrected chi connectivity index (χ1v) is 4.01. The molecular weight excluding hydrogens is 154 g/mol. The van der Waals surface area contributed by atoms with Crippen LogP contribution in [0.3, 0.4) is 0 Å². The van der Waals surface area contributed by atoms with Crippen LogP contribution in [-0.4, -0.2) is 25.0 Å². The summed E-state index contributed by atoms with van der Waals surface area (Å²) >= 11 is 0. The first-order valence-electron chi connectivity index (χ1n) is 4.01. The molecule has 1 rings (SSSR count). The highest BCUT2D eigenvalue weighted by Gasteiger charge is 2.30. The minimum absolute atomic E-state index is 0.106. The molecule has 66 valence electrons. The molecule has 0 aliphatic carbocycles. The number of carbonyl (C=O) groups excluding carboxylic acids is 1. The predicted molar refractivity (Wildman–Crippen MR) is 45.4 cm³/mol. The van der Waals surface area contributed by atoms with Crippen molar-refractivity contribution in [3.63, 3.8) is 0 Å². The van der Waals surface area contributed by atoms with E-state index in [2.05, 4.69) is 11.8 Å². The number of ketones is 1. The molecule has 0 aromatic rings. The highest BCUT2D eigenvalue weighted by Crippen LogP contribution is 2.13. The van der Waals surface area contributed by atoms with E-state index in [0.29, 0.717) is 19.6 Å². The van der Waals surface area contributed by atoms with E-state index >= 15 is 0 Å². The van der Waals surface area contributed by atoms with E-state index in [9.17, 15) is 4.79 Å². The normalized spacial score (nSPS) is 27.8. The van der Waals surface area contributed by atoms with Gasteiger partial charge in [0.15, 0.2) is 5.78 Å². The first kappa shape index (κ1) is 9.24. The number of rotatable bonds is 2. The Morgan fingerprint density at radius 2 is 2.42 bits per heavy atom. The maximum absolute atomic E-state index is 11.4. The molecule has 1 saturated heterocycles. The monoisotopic (exact) mass is 167 g/mol. The van der Waals surface area contributed by atoms with Crippen molar-refractivity contribution >= 4 is 5.78 Å². The maximum atomic E-state index is 11.4. The van der Waals surface area contributed by atoms with Gasteiger partial charge in [0.1, 0.15) is 0 Å². The predicted octanol–water partition coefficient (Wildman–Crippen LogP) is -0.0574. The zero-order chi connectivity index (χ0) is 8.97.